The lowest BCUT2D eigenvalue weighted by atomic mass is 10.1. The minimum absolute atomic E-state index is 0.316. The molecule has 0 aliphatic carbocycles. The van der Waals surface area contributed by atoms with Gasteiger partial charge in [-0.1, -0.05) is 18.2 Å². The third kappa shape index (κ3) is 3.34. The summed E-state index contributed by atoms with van der Waals surface area (Å²) in [5, 5.41) is 15.1. The molecule has 0 unspecified atom stereocenters. The molecule has 3 aromatic rings. The van der Waals surface area contributed by atoms with Crippen LogP contribution in [0.1, 0.15) is 11.3 Å². The summed E-state index contributed by atoms with van der Waals surface area (Å²) in [6.07, 6.45) is 0.947. The third-order valence-electron chi connectivity index (χ3n) is 3.95. The van der Waals surface area contributed by atoms with Gasteiger partial charge in [-0.25, -0.2) is 8.42 Å². The van der Waals surface area contributed by atoms with E-state index in [1.165, 1.54) is 18.2 Å². The Balaban J connectivity index is 1.90. The van der Waals surface area contributed by atoms with Gasteiger partial charge in [-0.3, -0.25) is 10.1 Å². The summed E-state index contributed by atoms with van der Waals surface area (Å²) in [6.45, 7) is 2.28. The molecule has 130 valence electrons. The molecular formula is C17H16N2O5S. The van der Waals surface area contributed by atoms with Crippen molar-refractivity contribution in [2.45, 2.75) is 18.4 Å². The Morgan fingerprint density at radius 1 is 1.20 bits per heavy atom. The van der Waals surface area contributed by atoms with Crippen molar-refractivity contribution < 1.29 is 17.8 Å². The molecule has 0 aliphatic heterocycles. The standard InChI is InChI=1S/C17H16N2O5S/c1-11-13-5-3-4-6-15(13)24-16(11)10-18-12-7-8-14(19(20)21)17(9-12)25(2,22)23/h3-9,18H,10H2,1-2H3. The number of nitro benzene ring substituents is 1. The van der Waals surface area contributed by atoms with Crippen LogP contribution in [0.4, 0.5) is 11.4 Å². The number of hydrogen-bond donors (Lipinski definition) is 1. The molecule has 2 aromatic carbocycles. The summed E-state index contributed by atoms with van der Waals surface area (Å²) < 4.78 is 29.4. The summed E-state index contributed by atoms with van der Waals surface area (Å²) >= 11 is 0. The second kappa shape index (κ2) is 6.21. The fourth-order valence-electron chi connectivity index (χ4n) is 2.65. The highest BCUT2D eigenvalue weighted by atomic mass is 32.2. The maximum Gasteiger partial charge on any atom is 0.288 e. The lowest BCUT2D eigenvalue weighted by Crippen LogP contribution is -2.05. The zero-order valence-corrected chi connectivity index (χ0v) is 14.5. The quantitative estimate of drug-likeness (QED) is 0.550. The van der Waals surface area contributed by atoms with Gasteiger partial charge < -0.3 is 9.73 Å². The van der Waals surface area contributed by atoms with Crippen molar-refractivity contribution in [2.24, 2.45) is 0 Å². The minimum Gasteiger partial charge on any atom is -0.459 e. The number of rotatable bonds is 5. The molecule has 1 heterocycles. The monoisotopic (exact) mass is 360 g/mol. The van der Waals surface area contributed by atoms with Crippen molar-refractivity contribution in [1.82, 2.24) is 0 Å². The van der Waals surface area contributed by atoms with Gasteiger partial charge in [0, 0.05) is 29.0 Å². The molecule has 0 saturated heterocycles. The van der Waals surface area contributed by atoms with Gasteiger partial charge in [0.05, 0.1) is 11.5 Å². The highest BCUT2D eigenvalue weighted by Gasteiger charge is 2.22. The maximum absolute atomic E-state index is 11.8. The van der Waals surface area contributed by atoms with Crippen molar-refractivity contribution in [1.29, 1.82) is 0 Å². The number of aryl methyl sites for hydroxylation is 1. The molecule has 0 radical (unpaired) electrons. The number of sulfone groups is 1. The summed E-state index contributed by atoms with van der Waals surface area (Å²) in [5.41, 5.74) is 1.80. The first-order valence-corrected chi connectivity index (χ1v) is 9.36. The fourth-order valence-corrected chi connectivity index (χ4v) is 3.51. The largest absolute Gasteiger partial charge is 0.459 e. The van der Waals surface area contributed by atoms with E-state index in [4.69, 9.17) is 4.42 Å². The smallest absolute Gasteiger partial charge is 0.288 e. The Morgan fingerprint density at radius 3 is 2.56 bits per heavy atom. The van der Waals surface area contributed by atoms with E-state index in [1.807, 2.05) is 31.2 Å². The van der Waals surface area contributed by atoms with Crippen LogP contribution in [0.2, 0.25) is 0 Å². The Kier molecular flexibility index (Phi) is 4.22. The van der Waals surface area contributed by atoms with E-state index in [9.17, 15) is 18.5 Å². The third-order valence-corrected chi connectivity index (χ3v) is 5.08. The SMILES string of the molecule is Cc1c(CNc2ccc([N+](=O)[O-])c(S(C)(=O)=O)c2)oc2ccccc12. The van der Waals surface area contributed by atoms with Crippen LogP contribution in [0.15, 0.2) is 51.8 Å². The van der Waals surface area contributed by atoms with E-state index in [0.717, 1.165) is 28.5 Å². The Bertz CT molecular complexity index is 1070. The lowest BCUT2D eigenvalue weighted by molar-refractivity contribution is -0.387. The van der Waals surface area contributed by atoms with Crippen LogP contribution in [0.5, 0.6) is 0 Å². The van der Waals surface area contributed by atoms with Gasteiger partial charge in [0.15, 0.2) is 9.84 Å². The van der Waals surface area contributed by atoms with Crippen LogP contribution in [0, 0.1) is 17.0 Å². The van der Waals surface area contributed by atoms with E-state index in [2.05, 4.69) is 5.32 Å². The summed E-state index contributed by atoms with van der Waals surface area (Å²) in [5.74, 6) is 0.723. The number of para-hydroxylation sites is 1. The fraction of sp³-hybridized carbons (Fsp3) is 0.176. The van der Waals surface area contributed by atoms with Crippen molar-refractivity contribution in [3.05, 3.63) is 63.9 Å². The Labute approximate surface area is 144 Å². The first-order valence-electron chi connectivity index (χ1n) is 7.47. The average Bonchev–Trinajstić information content (AvgIpc) is 2.88. The normalized spacial score (nSPS) is 11.6. The summed E-state index contributed by atoms with van der Waals surface area (Å²) in [4.78, 5) is 9.99. The number of furan rings is 1. The van der Waals surface area contributed by atoms with Crippen molar-refractivity contribution in [2.75, 3.05) is 11.6 Å². The van der Waals surface area contributed by atoms with E-state index < -0.39 is 20.4 Å². The molecular weight excluding hydrogens is 344 g/mol. The van der Waals surface area contributed by atoms with Gasteiger partial charge in [-0.15, -0.1) is 0 Å². The van der Waals surface area contributed by atoms with Crippen molar-refractivity contribution in [3.8, 4) is 0 Å². The van der Waals surface area contributed by atoms with E-state index in [0.29, 0.717) is 12.2 Å². The Hall–Kier alpha value is -2.87. The molecule has 1 N–H and O–H groups in total. The highest BCUT2D eigenvalue weighted by molar-refractivity contribution is 7.90. The zero-order valence-electron chi connectivity index (χ0n) is 13.6. The number of fused-ring (bicyclic) bond motifs is 1. The molecule has 0 spiro atoms. The molecule has 8 heteroatoms. The predicted octanol–water partition coefficient (Wildman–Crippen LogP) is 3.67. The first kappa shape index (κ1) is 17.0. The molecule has 0 saturated carbocycles. The van der Waals surface area contributed by atoms with Crippen LogP contribution in [0.3, 0.4) is 0 Å². The summed E-state index contributed by atoms with van der Waals surface area (Å²) in [7, 11) is -3.72. The van der Waals surface area contributed by atoms with E-state index in [-0.39, 0.29) is 4.90 Å². The molecule has 7 nitrogen and oxygen atoms in total. The number of nitrogens with zero attached hydrogens (tertiary/aromatic N) is 1. The average molecular weight is 360 g/mol. The highest BCUT2D eigenvalue weighted by Crippen LogP contribution is 2.29. The number of nitro groups is 1. The molecule has 0 aliphatic rings. The van der Waals surface area contributed by atoms with Crippen molar-refractivity contribution in [3.63, 3.8) is 0 Å². The van der Waals surface area contributed by atoms with Crippen LogP contribution in [0.25, 0.3) is 11.0 Å². The maximum atomic E-state index is 11.8. The number of benzene rings is 2. The van der Waals surface area contributed by atoms with Gasteiger partial charge in [-0.2, -0.15) is 0 Å². The van der Waals surface area contributed by atoms with Gasteiger partial charge in [0.1, 0.15) is 16.2 Å². The molecule has 0 bridgehead atoms. The topological polar surface area (TPSA) is 102 Å². The first-order chi connectivity index (χ1) is 11.8. The van der Waals surface area contributed by atoms with Crippen LogP contribution in [-0.4, -0.2) is 19.6 Å². The molecule has 3 rings (SSSR count). The van der Waals surface area contributed by atoms with Crippen molar-refractivity contribution >= 4 is 32.2 Å². The van der Waals surface area contributed by atoms with E-state index in [1.54, 1.807) is 0 Å². The molecule has 1 aromatic heterocycles. The minimum atomic E-state index is -3.72. The second-order valence-electron chi connectivity index (χ2n) is 5.71. The van der Waals surface area contributed by atoms with Crippen LogP contribution >= 0.6 is 0 Å². The van der Waals surface area contributed by atoms with Gasteiger partial charge >= 0.3 is 0 Å². The van der Waals surface area contributed by atoms with Crippen LogP contribution < -0.4 is 5.32 Å². The molecule has 0 fully saturated rings. The number of anilines is 1. The number of nitrogens with one attached hydrogen (secondary N) is 1. The predicted molar refractivity (Wildman–Crippen MR) is 94.5 cm³/mol. The van der Waals surface area contributed by atoms with E-state index >= 15 is 0 Å². The summed E-state index contributed by atoms with van der Waals surface area (Å²) in [6, 6.07) is 11.6. The molecule has 0 atom stereocenters. The second-order valence-corrected chi connectivity index (χ2v) is 7.70. The zero-order chi connectivity index (χ0) is 18.2. The Morgan fingerprint density at radius 2 is 1.92 bits per heavy atom. The number of hydrogen-bond acceptors (Lipinski definition) is 6. The lowest BCUT2D eigenvalue weighted by Gasteiger charge is -2.07. The van der Waals surface area contributed by atoms with Gasteiger partial charge in [-0.05, 0) is 25.1 Å². The van der Waals surface area contributed by atoms with Gasteiger partial charge in [0.25, 0.3) is 5.69 Å². The molecule has 25 heavy (non-hydrogen) atoms. The van der Waals surface area contributed by atoms with Gasteiger partial charge in [0.2, 0.25) is 0 Å². The van der Waals surface area contributed by atoms with Crippen LogP contribution in [-0.2, 0) is 16.4 Å². The molecule has 0 amide bonds.